The van der Waals surface area contributed by atoms with Crippen LogP contribution in [-0.4, -0.2) is 82.4 Å². The SMILES string of the molecule is NCCCCC(NC(=O)C(CCC(N)=O)NC(=O)C(CCC(N)=O)NC(=O)C(N)CC(=O)O)C(=O)O. The van der Waals surface area contributed by atoms with Crippen LogP contribution < -0.4 is 38.9 Å². The van der Waals surface area contributed by atoms with Gasteiger partial charge in [-0.15, -0.1) is 0 Å². The molecule has 36 heavy (non-hydrogen) atoms. The topological polar surface area (TPSA) is 300 Å². The molecule has 5 amide bonds. The van der Waals surface area contributed by atoms with Gasteiger partial charge in [0.25, 0.3) is 0 Å². The number of carbonyl (C=O) groups is 7. The highest BCUT2D eigenvalue weighted by atomic mass is 16.4. The molecule has 0 aliphatic rings. The zero-order chi connectivity index (χ0) is 27.8. The van der Waals surface area contributed by atoms with E-state index in [1.165, 1.54) is 0 Å². The normalized spacial score (nSPS) is 13.9. The molecule has 13 N–H and O–H groups in total. The molecule has 0 aliphatic carbocycles. The number of carbonyl (C=O) groups excluding carboxylic acids is 5. The molecule has 0 saturated heterocycles. The maximum Gasteiger partial charge on any atom is 0.326 e. The van der Waals surface area contributed by atoms with Crippen molar-refractivity contribution in [3.8, 4) is 0 Å². The van der Waals surface area contributed by atoms with Crippen molar-refractivity contribution in [1.82, 2.24) is 16.0 Å². The van der Waals surface area contributed by atoms with Crippen LogP contribution in [0.5, 0.6) is 0 Å². The van der Waals surface area contributed by atoms with Gasteiger partial charge in [-0.3, -0.25) is 28.8 Å². The molecule has 4 atom stereocenters. The Morgan fingerprint density at radius 2 is 1.11 bits per heavy atom. The standard InChI is InChI=1S/C20H35N7O9/c21-8-2-1-3-13(20(35)36)27-19(34)12(5-7-15(24)29)26-18(33)11(4-6-14(23)28)25-17(32)10(22)9-16(30)31/h10-13H,1-9,21-22H2,(H2,23,28)(H2,24,29)(H,25,32)(H,26,33)(H,27,34)(H,30,31)(H,35,36). The number of carboxylic acid groups (broad SMARTS) is 2. The number of carboxylic acids is 2. The predicted molar refractivity (Wildman–Crippen MR) is 123 cm³/mol. The maximum atomic E-state index is 12.9. The average Bonchev–Trinajstić information content (AvgIpc) is 2.77. The molecule has 0 rings (SSSR count). The number of rotatable bonds is 19. The van der Waals surface area contributed by atoms with Gasteiger partial charge in [0.2, 0.25) is 29.5 Å². The molecule has 0 saturated carbocycles. The van der Waals surface area contributed by atoms with Crippen LogP contribution in [0.4, 0.5) is 0 Å². The molecule has 0 aliphatic heterocycles. The van der Waals surface area contributed by atoms with Gasteiger partial charge in [-0.05, 0) is 38.6 Å². The Kier molecular flexibility index (Phi) is 15.0. The molecule has 0 bridgehead atoms. The molecule has 16 heteroatoms. The number of hydrogen-bond donors (Lipinski definition) is 9. The second-order valence-electron chi connectivity index (χ2n) is 8.02. The van der Waals surface area contributed by atoms with Gasteiger partial charge in [0.05, 0.1) is 12.5 Å². The molecule has 0 aromatic heterocycles. The van der Waals surface area contributed by atoms with Crippen LogP contribution in [0.25, 0.3) is 0 Å². The molecule has 4 unspecified atom stereocenters. The summed E-state index contributed by atoms with van der Waals surface area (Å²) < 4.78 is 0. The van der Waals surface area contributed by atoms with Crippen LogP contribution in [0.15, 0.2) is 0 Å². The third-order valence-electron chi connectivity index (χ3n) is 4.92. The van der Waals surface area contributed by atoms with E-state index >= 15 is 0 Å². The van der Waals surface area contributed by atoms with E-state index in [1.807, 2.05) is 0 Å². The van der Waals surface area contributed by atoms with Gasteiger partial charge in [0.1, 0.15) is 18.1 Å². The zero-order valence-electron chi connectivity index (χ0n) is 19.7. The predicted octanol–water partition coefficient (Wildman–Crippen LogP) is -4.01. The summed E-state index contributed by atoms with van der Waals surface area (Å²) in [5.41, 5.74) is 21.1. The maximum absolute atomic E-state index is 12.9. The van der Waals surface area contributed by atoms with E-state index in [-0.39, 0.29) is 32.1 Å². The fourth-order valence-electron chi connectivity index (χ4n) is 2.97. The first kappa shape index (κ1) is 32.2. The quantitative estimate of drug-likeness (QED) is 0.0743. The Labute approximate surface area is 206 Å². The Morgan fingerprint density at radius 1 is 0.667 bits per heavy atom. The molecule has 204 valence electrons. The van der Waals surface area contributed by atoms with E-state index in [9.17, 15) is 38.7 Å². The summed E-state index contributed by atoms with van der Waals surface area (Å²) in [5.74, 6) is -7.19. The summed E-state index contributed by atoms with van der Waals surface area (Å²) in [4.78, 5) is 82.6. The second-order valence-corrected chi connectivity index (χ2v) is 8.02. The van der Waals surface area contributed by atoms with Crippen LogP contribution in [-0.2, 0) is 33.6 Å². The van der Waals surface area contributed by atoms with Crippen molar-refractivity contribution < 1.29 is 43.8 Å². The van der Waals surface area contributed by atoms with E-state index in [0.29, 0.717) is 19.4 Å². The van der Waals surface area contributed by atoms with Gasteiger partial charge in [-0.25, -0.2) is 4.79 Å². The highest BCUT2D eigenvalue weighted by Gasteiger charge is 2.31. The molecule has 0 spiro atoms. The van der Waals surface area contributed by atoms with Crippen molar-refractivity contribution in [1.29, 1.82) is 0 Å². The summed E-state index contributed by atoms with van der Waals surface area (Å²) in [6, 6.07) is -5.68. The van der Waals surface area contributed by atoms with Crippen molar-refractivity contribution >= 4 is 41.5 Å². The van der Waals surface area contributed by atoms with E-state index < -0.39 is 72.1 Å². The van der Waals surface area contributed by atoms with Crippen LogP contribution in [0, 0.1) is 0 Å². The van der Waals surface area contributed by atoms with Crippen molar-refractivity contribution in [3.63, 3.8) is 0 Å². The third-order valence-corrected chi connectivity index (χ3v) is 4.92. The second kappa shape index (κ2) is 16.8. The van der Waals surface area contributed by atoms with E-state index in [1.54, 1.807) is 0 Å². The first-order valence-electron chi connectivity index (χ1n) is 11.2. The number of aliphatic carboxylic acids is 2. The van der Waals surface area contributed by atoms with Crippen LogP contribution >= 0.6 is 0 Å². The van der Waals surface area contributed by atoms with E-state index in [4.69, 9.17) is 28.0 Å². The average molecular weight is 518 g/mol. The first-order chi connectivity index (χ1) is 16.8. The van der Waals surface area contributed by atoms with Gasteiger partial charge >= 0.3 is 11.9 Å². The minimum atomic E-state index is -1.51. The molecular formula is C20H35N7O9. The first-order valence-corrected chi connectivity index (χ1v) is 11.2. The summed E-state index contributed by atoms with van der Waals surface area (Å²) in [6.07, 6.45) is -1.05. The van der Waals surface area contributed by atoms with Crippen molar-refractivity contribution in [2.24, 2.45) is 22.9 Å². The number of amides is 5. The van der Waals surface area contributed by atoms with Crippen LogP contribution in [0.3, 0.4) is 0 Å². The van der Waals surface area contributed by atoms with E-state index in [0.717, 1.165) is 0 Å². The number of primary amides is 2. The van der Waals surface area contributed by atoms with Crippen LogP contribution in [0.1, 0.15) is 51.4 Å². The minimum Gasteiger partial charge on any atom is -0.481 e. The molecule has 0 aromatic rings. The van der Waals surface area contributed by atoms with Gasteiger partial charge in [0, 0.05) is 12.8 Å². The fraction of sp³-hybridized carbons (Fsp3) is 0.650. The number of nitrogens with two attached hydrogens (primary N) is 4. The lowest BCUT2D eigenvalue weighted by Crippen LogP contribution is -2.57. The highest BCUT2D eigenvalue weighted by Crippen LogP contribution is 2.06. The Hall–Kier alpha value is -3.79. The lowest BCUT2D eigenvalue weighted by atomic mass is 10.0. The molecule has 0 fully saturated rings. The lowest BCUT2D eigenvalue weighted by molar-refractivity contribution is -0.142. The monoisotopic (exact) mass is 517 g/mol. The summed E-state index contributed by atoms with van der Waals surface area (Å²) >= 11 is 0. The highest BCUT2D eigenvalue weighted by molar-refractivity contribution is 5.95. The number of nitrogens with one attached hydrogen (secondary N) is 3. The molecular weight excluding hydrogens is 482 g/mol. The molecule has 0 aromatic carbocycles. The largest absolute Gasteiger partial charge is 0.481 e. The number of unbranched alkanes of at least 4 members (excludes halogenated alkanes) is 1. The van der Waals surface area contributed by atoms with Gasteiger partial charge in [-0.1, -0.05) is 0 Å². The fourth-order valence-corrected chi connectivity index (χ4v) is 2.97. The van der Waals surface area contributed by atoms with Crippen molar-refractivity contribution in [2.45, 2.75) is 75.5 Å². The van der Waals surface area contributed by atoms with Crippen molar-refractivity contribution in [2.75, 3.05) is 6.54 Å². The Bertz CT molecular complexity index is 821. The smallest absolute Gasteiger partial charge is 0.326 e. The summed E-state index contributed by atoms with van der Waals surface area (Å²) in [5, 5.41) is 24.9. The molecule has 0 radical (unpaired) electrons. The van der Waals surface area contributed by atoms with Gasteiger partial charge in [-0.2, -0.15) is 0 Å². The molecule has 0 heterocycles. The number of hydrogen-bond acceptors (Lipinski definition) is 9. The van der Waals surface area contributed by atoms with Crippen molar-refractivity contribution in [3.05, 3.63) is 0 Å². The van der Waals surface area contributed by atoms with Gasteiger partial charge < -0.3 is 49.1 Å². The lowest BCUT2D eigenvalue weighted by Gasteiger charge is -2.25. The molecule has 16 nitrogen and oxygen atoms in total. The Balaban J connectivity index is 5.61. The van der Waals surface area contributed by atoms with E-state index in [2.05, 4.69) is 16.0 Å². The minimum absolute atomic E-state index is 0.0630. The summed E-state index contributed by atoms with van der Waals surface area (Å²) in [6.45, 7) is 0.326. The third kappa shape index (κ3) is 13.8. The van der Waals surface area contributed by atoms with Crippen LogP contribution in [0.2, 0.25) is 0 Å². The summed E-state index contributed by atoms with van der Waals surface area (Å²) in [7, 11) is 0. The Morgan fingerprint density at radius 3 is 1.50 bits per heavy atom. The zero-order valence-corrected chi connectivity index (χ0v) is 19.7. The van der Waals surface area contributed by atoms with Gasteiger partial charge in [0.15, 0.2) is 0 Å².